The van der Waals surface area contributed by atoms with Crippen LogP contribution in [0.3, 0.4) is 0 Å². The number of alkyl halides is 2. The quantitative estimate of drug-likeness (QED) is 0.176. The van der Waals surface area contributed by atoms with E-state index in [-0.39, 0.29) is 15.3 Å². The van der Waals surface area contributed by atoms with E-state index in [0.29, 0.717) is 16.7 Å². The van der Waals surface area contributed by atoms with Crippen molar-refractivity contribution < 1.29 is 9.53 Å². The monoisotopic (exact) mass is 584 g/mol. The van der Waals surface area contributed by atoms with E-state index >= 15 is 0 Å². The smallest absolute Gasteiger partial charge is 0.302 e. The van der Waals surface area contributed by atoms with Crippen molar-refractivity contribution in [1.29, 1.82) is 0 Å². The Morgan fingerprint density at radius 3 is 2.52 bits per heavy atom. The van der Waals surface area contributed by atoms with Gasteiger partial charge in [0.1, 0.15) is 6.10 Å². The second kappa shape index (κ2) is 9.56. The number of carbonyl (C=O) groups excluding carboxylic acids is 1. The van der Waals surface area contributed by atoms with Crippen molar-refractivity contribution in [2.75, 3.05) is 0 Å². The zero-order valence-corrected chi connectivity index (χ0v) is 24.9. The van der Waals surface area contributed by atoms with Crippen molar-refractivity contribution in [3.05, 3.63) is 11.6 Å². The van der Waals surface area contributed by atoms with Gasteiger partial charge < -0.3 is 4.74 Å². The molecule has 0 N–H and O–H groups in total. The molecule has 0 saturated heterocycles. The molecular formula is C29H46Br2O2. The van der Waals surface area contributed by atoms with Gasteiger partial charge >= 0.3 is 5.97 Å². The second-order valence-corrected chi connectivity index (χ2v) is 16.9. The third kappa shape index (κ3) is 4.79. The van der Waals surface area contributed by atoms with Crippen molar-refractivity contribution in [3.8, 4) is 0 Å². The maximum Gasteiger partial charge on any atom is 0.302 e. The summed E-state index contributed by atoms with van der Waals surface area (Å²) in [5.41, 5.74) is 2.29. The molecule has 0 aliphatic heterocycles. The number of esters is 1. The molecule has 3 saturated carbocycles. The van der Waals surface area contributed by atoms with E-state index in [1.165, 1.54) is 51.4 Å². The van der Waals surface area contributed by atoms with E-state index in [0.717, 1.165) is 42.4 Å². The van der Waals surface area contributed by atoms with E-state index in [4.69, 9.17) is 4.74 Å². The summed E-state index contributed by atoms with van der Waals surface area (Å²) < 4.78 is 5.70. The lowest BCUT2D eigenvalue weighted by Crippen LogP contribution is -2.51. The zero-order chi connectivity index (χ0) is 24.2. The Balaban J connectivity index is 1.54. The Morgan fingerprint density at radius 1 is 1.12 bits per heavy atom. The first-order chi connectivity index (χ1) is 15.4. The van der Waals surface area contributed by atoms with Crippen LogP contribution in [0.2, 0.25) is 0 Å². The number of hydrogen-bond donors (Lipinski definition) is 0. The lowest BCUT2D eigenvalue weighted by atomic mass is 9.47. The molecule has 0 unspecified atom stereocenters. The van der Waals surface area contributed by atoms with E-state index in [1.807, 2.05) is 0 Å². The molecular weight excluding hydrogens is 540 g/mol. The van der Waals surface area contributed by atoms with Crippen LogP contribution in [-0.2, 0) is 9.53 Å². The molecule has 0 bridgehead atoms. The average molecular weight is 586 g/mol. The minimum absolute atomic E-state index is 0.0729. The van der Waals surface area contributed by atoms with Gasteiger partial charge in [0, 0.05) is 13.3 Å². The Labute approximate surface area is 219 Å². The predicted octanol–water partition coefficient (Wildman–Crippen LogP) is 9.06. The summed E-state index contributed by atoms with van der Waals surface area (Å²) in [5, 5.41) is 0. The summed E-state index contributed by atoms with van der Waals surface area (Å²) in [7, 11) is 0. The van der Waals surface area contributed by atoms with Crippen LogP contribution in [0.1, 0.15) is 106 Å². The maximum atomic E-state index is 11.5. The molecule has 0 aromatic carbocycles. The highest BCUT2D eigenvalue weighted by atomic mass is 79.9. The molecule has 0 aromatic heterocycles. The summed E-state index contributed by atoms with van der Waals surface area (Å²) in [6.45, 7) is 14.0. The number of allylic oxidation sites excluding steroid dienone is 1. The molecule has 0 spiro atoms. The molecule has 0 amide bonds. The Bertz CT molecular complexity index is 774. The maximum absolute atomic E-state index is 11.5. The van der Waals surface area contributed by atoms with Crippen molar-refractivity contribution in [2.24, 2.45) is 46.3 Å². The summed E-state index contributed by atoms with van der Waals surface area (Å²) in [6.07, 6.45) is 15.0. The van der Waals surface area contributed by atoms with Crippen LogP contribution in [0.15, 0.2) is 11.6 Å². The largest absolute Gasteiger partial charge is 0.462 e. The van der Waals surface area contributed by atoms with Gasteiger partial charge in [-0.05, 0) is 84.9 Å². The van der Waals surface area contributed by atoms with E-state index in [1.54, 1.807) is 12.5 Å². The van der Waals surface area contributed by atoms with E-state index in [9.17, 15) is 4.79 Å². The zero-order valence-electron chi connectivity index (χ0n) is 21.8. The van der Waals surface area contributed by atoms with Crippen LogP contribution in [0, 0.1) is 46.3 Å². The Kier molecular flexibility index (Phi) is 7.60. The molecule has 3 fully saturated rings. The van der Waals surface area contributed by atoms with Crippen molar-refractivity contribution in [2.45, 2.75) is 115 Å². The number of rotatable bonds is 6. The molecule has 4 heteroatoms. The Hall–Kier alpha value is 0.170. The van der Waals surface area contributed by atoms with Gasteiger partial charge in [-0.2, -0.15) is 0 Å². The van der Waals surface area contributed by atoms with Crippen molar-refractivity contribution in [3.63, 3.8) is 0 Å². The fraction of sp³-hybridized carbons (Fsp3) is 0.897. The van der Waals surface area contributed by atoms with Gasteiger partial charge in [0.2, 0.25) is 0 Å². The van der Waals surface area contributed by atoms with Crippen LogP contribution in [0.5, 0.6) is 0 Å². The third-order valence-electron chi connectivity index (χ3n) is 10.5. The number of hydrogen-bond acceptors (Lipinski definition) is 2. The molecule has 4 aliphatic rings. The first-order valence-corrected chi connectivity index (χ1v) is 15.2. The van der Waals surface area contributed by atoms with E-state index < -0.39 is 0 Å². The number of carbonyl (C=O) groups is 1. The number of ether oxygens (including phenoxy) is 1. The fourth-order valence-corrected chi connectivity index (χ4v) is 11.7. The molecule has 4 aliphatic carbocycles. The van der Waals surface area contributed by atoms with Crippen LogP contribution in [0.4, 0.5) is 0 Å². The summed E-state index contributed by atoms with van der Waals surface area (Å²) in [4.78, 5) is 11.5. The fourth-order valence-electron chi connectivity index (χ4n) is 9.06. The lowest BCUT2D eigenvalue weighted by Gasteiger charge is -2.58. The highest BCUT2D eigenvalue weighted by Gasteiger charge is 2.65. The normalized spacial score (nSPS) is 42.7. The van der Waals surface area contributed by atoms with Gasteiger partial charge in [0.05, 0.1) is 3.23 Å². The molecule has 2 nitrogen and oxygen atoms in total. The van der Waals surface area contributed by atoms with Crippen LogP contribution in [-0.4, -0.2) is 15.3 Å². The van der Waals surface area contributed by atoms with Crippen molar-refractivity contribution in [1.82, 2.24) is 0 Å². The summed E-state index contributed by atoms with van der Waals surface area (Å²) >= 11 is 8.48. The van der Waals surface area contributed by atoms with Gasteiger partial charge in [0.25, 0.3) is 0 Å². The summed E-state index contributed by atoms with van der Waals surface area (Å²) in [5.74, 6) is 4.42. The molecule has 0 radical (unpaired) electrons. The molecule has 0 heterocycles. The highest BCUT2D eigenvalue weighted by Crippen LogP contribution is 2.72. The molecule has 8 atom stereocenters. The topological polar surface area (TPSA) is 26.3 Å². The average Bonchev–Trinajstić information content (AvgIpc) is 2.92. The third-order valence-corrected chi connectivity index (χ3v) is 12.1. The van der Waals surface area contributed by atoms with Gasteiger partial charge in [-0.3, -0.25) is 4.79 Å². The van der Waals surface area contributed by atoms with Gasteiger partial charge in [-0.25, -0.2) is 0 Å². The molecule has 188 valence electrons. The number of fused-ring (bicyclic) bond motifs is 5. The molecule has 0 aromatic rings. The minimum atomic E-state index is -0.128. The second-order valence-electron chi connectivity index (χ2n) is 13.0. The highest BCUT2D eigenvalue weighted by molar-refractivity contribution is 9.25. The van der Waals surface area contributed by atoms with Crippen LogP contribution < -0.4 is 0 Å². The van der Waals surface area contributed by atoms with Crippen LogP contribution >= 0.6 is 31.9 Å². The molecule has 4 rings (SSSR count). The molecule has 33 heavy (non-hydrogen) atoms. The SMILES string of the molecule is CC(=O)O[C@H]1CC[C@@]2(C)C(=CC[C@H]3[C@@H]4CC(Br)(Br)[C@H]([C@H](C)CCCC(C)C)[C@@]4(C)CC[C@@H]32)C1. The first kappa shape index (κ1) is 26.2. The van der Waals surface area contributed by atoms with E-state index in [2.05, 4.69) is 72.6 Å². The number of halogens is 2. The standard InChI is InChI=1S/C29H46Br2O2/c1-18(2)8-7-9-19(3)26-28(6)15-13-24-23(25(28)17-29(26,30)31)11-10-21-16-22(33-20(4)32)12-14-27(21,24)5/h10,18-19,22-26H,7-9,11-17H2,1-6H3/t19-,22+,23-,24+,25+,26-,27+,28+/m1/s1. The van der Waals surface area contributed by atoms with Gasteiger partial charge in [0.15, 0.2) is 0 Å². The predicted molar refractivity (Wildman–Crippen MR) is 145 cm³/mol. The van der Waals surface area contributed by atoms with Crippen molar-refractivity contribution >= 4 is 37.8 Å². The van der Waals surface area contributed by atoms with Crippen LogP contribution in [0.25, 0.3) is 0 Å². The van der Waals surface area contributed by atoms with Gasteiger partial charge in [-0.15, -0.1) is 0 Å². The minimum Gasteiger partial charge on any atom is -0.462 e. The first-order valence-electron chi connectivity index (χ1n) is 13.6. The lowest BCUT2D eigenvalue weighted by molar-refractivity contribution is -0.148. The van der Waals surface area contributed by atoms with Gasteiger partial charge in [-0.1, -0.05) is 97.4 Å². The Morgan fingerprint density at radius 2 is 1.85 bits per heavy atom. The summed E-state index contributed by atoms with van der Waals surface area (Å²) in [6, 6.07) is 0.